The lowest BCUT2D eigenvalue weighted by Crippen LogP contribution is -2.17. The molecule has 3 rings (SSSR count). The van der Waals surface area contributed by atoms with E-state index in [4.69, 9.17) is 4.42 Å². The van der Waals surface area contributed by atoms with Crippen LogP contribution in [0.3, 0.4) is 0 Å². The fourth-order valence-corrected chi connectivity index (χ4v) is 2.63. The molecule has 0 bridgehead atoms. The molecular weight excluding hydrogens is 265 g/mol. The van der Waals surface area contributed by atoms with E-state index in [2.05, 4.69) is 5.32 Å². The van der Waals surface area contributed by atoms with Crippen LogP contribution in [0, 0.1) is 19.7 Å². The maximum atomic E-state index is 13.8. The minimum absolute atomic E-state index is 0.160. The van der Waals surface area contributed by atoms with Gasteiger partial charge in [0.1, 0.15) is 17.2 Å². The van der Waals surface area contributed by atoms with Crippen LogP contribution in [-0.4, -0.2) is 7.05 Å². The molecule has 0 saturated heterocycles. The molecule has 0 fully saturated rings. The monoisotopic (exact) mass is 283 g/mol. The van der Waals surface area contributed by atoms with Crippen molar-refractivity contribution in [1.82, 2.24) is 5.32 Å². The van der Waals surface area contributed by atoms with Gasteiger partial charge in [0.15, 0.2) is 0 Å². The van der Waals surface area contributed by atoms with Gasteiger partial charge in [-0.2, -0.15) is 0 Å². The van der Waals surface area contributed by atoms with Crippen molar-refractivity contribution < 1.29 is 8.81 Å². The van der Waals surface area contributed by atoms with E-state index in [9.17, 15) is 4.39 Å². The minimum Gasteiger partial charge on any atom is -0.459 e. The predicted octanol–water partition coefficient (Wildman–Crippen LogP) is 4.50. The molecule has 1 N–H and O–H groups in total. The first-order chi connectivity index (χ1) is 10.1. The van der Waals surface area contributed by atoms with Crippen molar-refractivity contribution in [3.63, 3.8) is 0 Å². The van der Waals surface area contributed by atoms with Gasteiger partial charge in [-0.05, 0) is 49.7 Å². The molecule has 0 saturated carbocycles. The molecule has 2 nitrogen and oxygen atoms in total. The predicted molar refractivity (Wildman–Crippen MR) is 83.0 cm³/mol. The normalized spacial score (nSPS) is 12.8. The van der Waals surface area contributed by atoms with Gasteiger partial charge in [0, 0.05) is 5.39 Å². The van der Waals surface area contributed by atoms with E-state index in [0.29, 0.717) is 5.56 Å². The Morgan fingerprint density at radius 1 is 1.05 bits per heavy atom. The van der Waals surface area contributed by atoms with Gasteiger partial charge < -0.3 is 9.73 Å². The first-order valence-electron chi connectivity index (χ1n) is 7.02. The van der Waals surface area contributed by atoms with E-state index >= 15 is 0 Å². The number of nitrogens with one attached hydrogen (secondary N) is 1. The molecule has 0 radical (unpaired) electrons. The number of hydrogen-bond acceptors (Lipinski definition) is 2. The van der Waals surface area contributed by atoms with Gasteiger partial charge in [0.05, 0.1) is 6.04 Å². The maximum Gasteiger partial charge on any atom is 0.137 e. The molecular formula is C18H18FNO. The van der Waals surface area contributed by atoms with Crippen LogP contribution in [0.4, 0.5) is 4.39 Å². The van der Waals surface area contributed by atoms with Crippen LogP contribution >= 0.6 is 0 Å². The number of benzene rings is 2. The van der Waals surface area contributed by atoms with Gasteiger partial charge in [-0.25, -0.2) is 4.39 Å². The fraction of sp³-hybridized carbons (Fsp3) is 0.222. The first kappa shape index (κ1) is 13.8. The summed E-state index contributed by atoms with van der Waals surface area (Å²) in [7, 11) is 1.85. The Morgan fingerprint density at radius 2 is 1.86 bits per heavy atom. The molecule has 3 aromatic rings. The Balaban J connectivity index is 2.09. The molecule has 3 heteroatoms. The fourth-order valence-electron chi connectivity index (χ4n) is 2.63. The van der Waals surface area contributed by atoms with Crippen molar-refractivity contribution >= 4 is 11.0 Å². The zero-order valence-electron chi connectivity index (χ0n) is 12.4. The third kappa shape index (κ3) is 2.45. The molecule has 1 atom stereocenters. The van der Waals surface area contributed by atoms with Crippen LogP contribution in [0.5, 0.6) is 0 Å². The number of hydrogen-bond donors (Lipinski definition) is 1. The second-order valence-corrected chi connectivity index (χ2v) is 5.37. The summed E-state index contributed by atoms with van der Waals surface area (Å²) in [4.78, 5) is 0. The molecule has 0 aliphatic heterocycles. The topological polar surface area (TPSA) is 25.2 Å². The summed E-state index contributed by atoms with van der Waals surface area (Å²) in [5.41, 5.74) is 3.50. The van der Waals surface area contributed by atoms with Crippen LogP contribution in [0.1, 0.15) is 28.5 Å². The van der Waals surface area contributed by atoms with Gasteiger partial charge in [0.25, 0.3) is 0 Å². The van der Waals surface area contributed by atoms with Crippen molar-refractivity contribution in [3.05, 3.63) is 70.7 Å². The summed E-state index contributed by atoms with van der Waals surface area (Å²) in [5.74, 6) is 0.602. The molecule has 0 aliphatic carbocycles. The van der Waals surface area contributed by atoms with Crippen LogP contribution < -0.4 is 5.32 Å². The van der Waals surface area contributed by atoms with Crippen molar-refractivity contribution in [3.8, 4) is 0 Å². The van der Waals surface area contributed by atoms with Gasteiger partial charge in [0.2, 0.25) is 0 Å². The van der Waals surface area contributed by atoms with E-state index < -0.39 is 0 Å². The second-order valence-electron chi connectivity index (χ2n) is 5.37. The summed E-state index contributed by atoms with van der Waals surface area (Å²) in [6.07, 6.45) is 0. The van der Waals surface area contributed by atoms with Crippen LogP contribution in [0.15, 0.2) is 46.9 Å². The molecule has 108 valence electrons. The highest BCUT2D eigenvalue weighted by molar-refractivity contribution is 5.81. The smallest absolute Gasteiger partial charge is 0.137 e. The summed E-state index contributed by atoms with van der Waals surface area (Å²) >= 11 is 0. The first-order valence-corrected chi connectivity index (χ1v) is 7.02. The van der Waals surface area contributed by atoms with Crippen molar-refractivity contribution in [1.29, 1.82) is 0 Å². The lowest BCUT2D eigenvalue weighted by atomic mass is 10.0. The highest BCUT2D eigenvalue weighted by Crippen LogP contribution is 2.30. The Kier molecular flexibility index (Phi) is 3.52. The van der Waals surface area contributed by atoms with Crippen LogP contribution in [0.25, 0.3) is 11.0 Å². The molecule has 0 amide bonds. The molecule has 0 spiro atoms. The number of aryl methyl sites for hydroxylation is 2. The Labute approximate surface area is 123 Å². The average Bonchev–Trinajstić information content (AvgIpc) is 2.89. The summed E-state index contributed by atoms with van der Waals surface area (Å²) in [5, 5.41) is 4.27. The molecule has 2 aromatic carbocycles. The Morgan fingerprint density at radius 3 is 2.52 bits per heavy atom. The molecule has 1 unspecified atom stereocenters. The number of halogens is 1. The molecule has 0 aliphatic rings. The number of furan rings is 1. The highest BCUT2D eigenvalue weighted by atomic mass is 19.1. The summed E-state index contributed by atoms with van der Waals surface area (Å²) in [6.45, 7) is 3.79. The maximum absolute atomic E-state index is 13.8. The van der Waals surface area contributed by atoms with E-state index in [1.807, 2.05) is 44.3 Å². The van der Waals surface area contributed by atoms with Crippen LogP contribution in [0.2, 0.25) is 0 Å². The zero-order valence-corrected chi connectivity index (χ0v) is 12.4. The van der Waals surface area contributed by atoms with E-state index in [-0.39, 0.29) is 11.9 Å². The molecule has 21 heavy (non-hydrogen) atoms. The SMILES string of the molecule is CNC(c1ccc(C)c(F)c1)c1cc2cccc(C)c2o1. The van der Waals surface area contributed by atoms with Gasteiger partial charge in [-0.15, -0.1) is 0 Å². The molecule has 1 heterocycles. The summed E-state index contributed by atoms with van der Waals surface area (Å²) in [6, 6.07) is 13.2. The average molecular weight is 283 g/mol. The van der Waals surface area contributed by atoms with Crippen molar-refractivity contribution in [2.45, 2.75) is 19.9 Å². The third-order valence-electron chi connectivity index (χ3n) is 3.86. The quantitative estimate of drug-likeness (QED) is 0.765. The third-order valence-corrected chi connectivity index (χ3v) is 3.86. The van der Waals surface area contributed by atoms with Crippen molar-refractivity contribution in [2.75, 3.05) is 7.05 Å². The number of rotatable bonds is 3. The highest BCUT2D eigenvalue weighted by Gasteiger charge is 2.18. The molecule has 1 aromatic heterocycles. The summed E-state index contributed by atoms with van der Waals surface area (Å²) < 4.78 is 19.8. The standard InChI is InChI=1S/C18H18FNO/c1-11-7-8-13(9-15(11)19)17(20-3)16-10-14-6-4-5-12(2)18(14)21-16/h4-10,17,20H,1-3H3. The van der Waals surface area contributed by atoms with Gasteiger partial charge >= 0.3 is 0 Å². The van der Waals surface area contributed by atoms with E-state index in [1.165, 1.54) is 0 Å². The van der Waals surface area contributed by atoms with Gasteiger partial charge in [-0.1, -0.05) is 30.3 Å². The number of fused-ring (bicyclic) bond motifs is 1. The van der Waals surface area contributed by atoms with Crippen molar-refractivity contribution in [2.24, 2.45) is 0 Å². The minimum atomic E-state index is -0.194. The lowest BCUT2D eigenvalue weighted by molar-refractivity contribution is 0.488. The van der Waals surface area contributed by atoms with Crippen LogP contribution in [-0.2, 0) is 0 Å². The van der Waals surface area contributed by atoms with E-state index in [0.717, 1.165) is 27.9 Å². The largest absolute Gasteiger partial charge is 0.459 e. The lowest BCUT2D eigenvalue weighted by Gasteiger charge is -2.14. The van der Waals surface area contributed by atoms with Gasteiger partial charge in [-0.3, -0.25) is 0 Å². The second kappa shape index (κ2) is 5.34. The van der Waals surface area contributed by atoms with E-state index in [1.54, 1.807) is 19.1 Å². The zero-order chi connectivity index (χ0) is 15.0. The Hall–Kier alpha value is -2.13. The number of para-hydroxylation sites is 1. The Bertz CT molecular complexity index is 791.